The van der Waals surface area contributed by atoms with Crippen LogP contribution in [0.25, 0.3) is 0 Å². The average Bonchev–Trinajstić information content (AvgIpc) is 3.24. The fourth-order valence-electron chi connectivity index (χ4n) is 3.52. The second-order valence-corrected chi connectivity index (χ2v) is 7.28. The lowest BCUT2D eigenvalue weighted by molar-refractivity contribution is -0.142. The molecule has 1 aliphatic heterocycles. The first kappa shape index (κ1) is 23.2. The molecule has 2 aromatic rings. The van der Waals surface area contributed by atoms with Gasteiger partial charge in [-0.1, -0.05) is 18.2 Å². The molecule has 0 aliphatic carbocycles. The van der Waals surface area contributed by atoms with Crippen molar-refractivity contribution in [1.82, 2.24) is 9.91 Å². The summed E-state index contributed by atoms with van der Waals surface area (Å²) >= 11 is 0. The number of likely N-dealkylation sites (N-methyl/N-ethyl adjacent to an activating group) is 1. The predicted molar refractivity (Wildman–Crippen MR) is 116 cm³/mol. The van der Waals surface area contributed by atoms with E-state index in [1.807, 2.05) is 0 Å². The number of nitrogens with zero attached hydrogens (tertiary/aromatic N) is 3. The van der Waals surface area contributed by atoms with E-state index in [4.69, 9.17) is 14.2 Å². The van der Waals surface area contributed by atoms with Crippen LogP contribution in [0.5, 0.6) is 11.5 Å². The zero-order chi connectivity index (χ0) is 23.3. The molecule has 0 spiro atoms. The Morgan fingerprint density at radius 1 is 1.16 bits per heavy atom. The summed E-state index contributed by atoms with van der Waals surface area (Å²) in [5.74, 6) is -0.0772. The molecule has 1 atom stereocenters. The van der Waals surface area contributed by atoms with Crippen molar-refractivity contribution in [2.45, 2.75) is 12.5 Å². The number of hydrazone groups is 1. The third-order valence-electron chi connectivity index (χ3n) is 5.22. The zero-order valence-electron chi connectivity index (χ0n) is 18.5. The van der Waals surface area contributed by atoms with E-state index in [0.717, 1.165) is 0 Å². The summed E-state index contributed by atoms with van der Waals surface area (Å²) in [6, 6.07) is 10.9. The minimum absolute atomic E-state index is 0.141. The first-order valence-electron chi connectivity index (χ1n) is 9.98. The maximum Gasteiger partial charge on any atom is 0.262 e. The van der Waals surface area contributed by atoms with Gasteiger partial charge in [0.15, 0.2) is 0 Å². The number of halogens is 1. The molecule has 0 unspecified atom stereocenters. The standard InChI is InChI=1S/C23H26FN3O5/c1-26(23(29)14-30-2)13-22(28)27-20(16-7-5-6-8-18(16)24)12-19(25-27)17-10-9-15(31-3)11-21(17)32-4/h5-11,20H,12-14H2,1-4H3/t20-/m1/s1. The van der Waals surface area contributed by atoms with Crippen molar-refractivity contribution in [3.63, 3.8) is 0 Å². The molecule has 1 aliphatic rings. The number of carbonyl (C=O) groups is 2. The normalized spacial score (nSPS) is 15.3. The molecule has 0 bridgehead atoms. The van der Waals surface area contributed by atoms with Gasteiger partial charge in [0.25, 0.3) is 5.91 Å². The van der Waals surface area contributed by atoms with Crippen LogP contribution < -0.4 is 9.47 Å². The first-order chi connectivity index (χ1) is 15.4. The van der Waals surface area contributed by atoms with Crippen LogP contribution in [0, 0.1) is 5.82 Å². The highest BCUT2D eigenvalue weighted by molar-refractivity contribution is 6.05. The van der Waals surface area contributed by atoms with Gasteiger partial charge in [-0.2, -0.15) is 5.10 Å². The summed E-state index contributed by atoms with van der Waals surface area (Å²) in [7, 11) is 5.99. The number of hydrogen-bond acceptors (Lipinski definition) is 6. The Hall–Kier alpha value is -3.46. The molecular weight excluding hydrogens is 417 g/mol. The van der Waals surface area contributed by atoms with Crippen LogP contribution in [0.3, 0.4) is 0 Å². The predicted octanol–water partition coefficient (Wildman–Crippen LogP) is 2.63. The van der Waals surface area contributed by atoms with Gasteiger partial charge in [-0.05, 0) is 18.2 Å². The Kier molecular flexibility index (Phi) is 7.42. The van der Waals surface area contributed by atoms with E-state index in [1.165, 1.54) is 37.2 Å². The van der Waals surface area contributed by atoms with E-state index in [1.54, 1.807) is 43.5 Å². The van der Waals surface area contributed by atoms with Gasteiger partial charge in [0.05, 0.1) is 26.0 Å². The van der Waals surface area contributed by atoms with Crippen LogP contribution >= 0.6 is 0 Å². The number of ether oxygens (including phenoxy) is 3. The number of rotatable bonds is 8. The Labute approximate surface area is 186 Å². The molecule has 0 N–H and O–H groups in total. The highest BCUT2D eigenvalue weighted by Crippen LogP contribution is 2.37. The molecule has 32 heavy (non-hydrogen) atoms. The molecule has 3 rings (SSSR count). The fraction of sp³-hybridized carbons (Fsp3) is 0.348. The van der Waals surface area contributed by atoms with Gasteiger partial charge < -0.3 is 19.1 Å². The fourth-order valence-corrected chi connectivity index (χ4v) is 3.52. The highest BCUT2D eigenvalue weighted by Gasteiger charge is 2.36. The van der Waals surface area contributed by atoms with Crippen molar-refractivity contribution >= 4 is 17.5 Å². The van der Waals surface area contributed by atoms with Gasteiger partial charge in [-0.25, -0.2) is 9.40 Å². The van der Waals surface area contributed by atoms with Gasteiger partial charge in [0.2, 0.25) is 5.91 Å². The summed E-state index contributed by atoms with van der Waals surface area (Å²) in [6.45, 7) is -0.359. The molecule has 0 radical (unpaired) electrons. The number of carbonyl (C=O) groups excluding carboxylic acids is 2. The van der Waals surface area contributed by atoms with E-state index < -0.39 is 17.8 Å². The SMILES string of the molecule is COCC(=O)N(C)CC(=O)N1N=C(c2ccc(OC)cc2OC)C[C@@H]1c1ccccc1F. The molecule has 0 aromatic heterocycles. The van der Waals surface area contributed by atoms with E-state index in [2.05, 4.69) is 5.10 Å². The summed E-state index contributed by atoms with van der Waals surface area (Å²) in [4.78, 5) is 26.4. The van der Waals surface area contributed by atoms with Crippen molar-refractivity contribution < 1.29 is 28.2 Å². The lowest BCUT2D eigenvalue weighted by Gasteiger charge is -2.25. The smallest absolute Gasteiger partial charge is 0.262 e. The minimum Gasteiger partial charge on any atom is -0.497 e. The first-order valence-corrected chi connectivity index (χ1v) is 9.98. The van der Waals surface area contributed by atoms with Crippen molar-refractivity contribution in [3.05, 3.63) is 59.4 Å². The lowest BCUT2D eigenvalue weighted by Crippen LogP contribution is -2.40. The summed E-state index contributed by atoms with van der Waals surface area (Å²) in [5.41, 5.74) is 1.59. The molecule has 0 saturated heterocycles. The van der Waals surface area contributed by atoms with Crippen LogP contribution in [0.15, 0.2) is 47.6 Å². The summed E-state index contributed by atoms with van der Waals surface area (Å²) in [5, 5.41) is 5.77. The van der Waals surface area contributed by atoms with Gasteiger partial charge in [0.1, 0.15) is 30.5 Å². The van der Waals surface area contributed by atoms with E-state index >= 15 is 0 Å². The van der Waals surface area contributed by atoms with E-state index in [0.29, 0.717) is 28.3 Å². The van der Waals surface area contributed by atoms with Gasteiger partial charge in [0, 0.05) is 37.8 Å². The Morgan fingerprint density at radius 2 is 1.91 bits per heavy atom. The number of hydrogen-bond donors (Lipinski definition) is 0. The molecule has 9 heteroatoms. The van der Waals surface area contributed by atoms with Crippen molar-refractivity contribution in [3.8, 4) is 11.5 Å². The second-order valence-electron chi connectivity index (χ2n) is 7.28. The summed E-state index contributed by atoms with van der Waals surface area (Å²) in [6.07, 6.45) is 0.283. The van der Waals surface area contributed by atoms with Crippen LogP contribution in [0.2, 0.25) is 0 Å². The molecule has 0 saturated carbocycles. The molecule has 0 fully saturated rings. The van der Waals surface area contributed by atoms with Gasteiger partial charge in [-0.15, -0.1) is 0 Å². The third-order valence-corrected chi connectivity index (χ3v) is 5.22. The second kappa shape index (κ2) is 10.2. The number of methoxy groups -OCH3 is 3. The average molecular weight is 443 g/mol. The van der Waals surface area contributed by atoms with E-state index in [-0.39, 0.29) is 25.5 Å². The Balaban J connectivity index is 1.96. The topological polar surface area (TPSA) is 80.7 Å². The minimum atomic E-state index is -0.656. The Bertz CT molecular complexity index is 1030. The van der Waals surface area contributed by atoms with Crippen molar-refractivity contribution in [1.29, 1.82) is 0 Å². The number of benzene rings is 2. The number of amides is 2. The third kappa shape index (κ3) is 4.88. The van der Waals surface area contributed by atoms with Crippen molar-refractivity contribution in [2.75, 3.05) is 41.5 Å². The molecule has 2 amide bonds. The van der Waals surface area contributed by atoms with Crippen LogP contribution in [-0.2, 0) is 14.3 Å². The Morgan fingerprint density at radius 3 is 2.56 bits per heavy atom. The van der Waals surface area contributed by atoms with Gasteiger partial charge in [-0.3, -0.25) is 9.59 Å². The van der Waals surface area contributed by atoms with Crippen LogP contribution in [0.4, 0.5) is 4.39 Å². The van der Waals surface area contributed by atoms with Crippen molar-refractivity contribution in [2.24, 2.45) is 5.10 Å². The van der Waals surface area contributed by atoms with Crippen LogP contribution in [0.1, 0.15) is 23.6 Å². The molecule has 2 aromatic carbocycles. The zero-order valence-corrected chi connectivity index (χ0v) is 18.5. The molecule has 8 nitrogen and oxygen atoms in total. The van der Waals surface area contributed by atoms with Gasteiger partial charge >= 0.3 is 0 Å². The largest absolute Gasteiger partial charge is 0.497 e. The van der Waals surface area contributed by atoms with E-state index in [9.17, 15) is 14.0 Å². The van der Waals surface area contributed by atoms with Crippen LogP contribution in [-0.4, -0.2) is 69.0 Å². The molecule has 170 valence electrons. The molecular formula is C23H26FN3O5. The highest BCUT2D eigenvalue weighted by atomic mass is 19.1. The molecule has 1 heterocycles. The maximum absolute atomic E-state index is 14.6. The quantitative estimate of drug-likeness (QED) is 0.627. The summed E-state index contributed by atoms with van der Waals surface area (Å²) < 4.78 is 30.2. The maximum atomic E-state index is 14.6. The lowest BCUT2D eigenvalue weighted by atomic mass is 9.97. The monoisotopic (exact) mass is 443 g/mol.